The molecule has 1 aliphatic heterocycles. The minimum Gasteiger partial charge on any atom is -0.305 e. The molecule has 1 aliphatic carbocycles. The third-order valence-electron chi connectivity index (χ3n) is 5.02. The Morgan fingerprint density at radius 3 is 2.74 bits per heavy atom. The Balaban J connectivity index is 1.69. The fourth-order valence-electron chi connectivity index (χ4n) is 3.78. The van der Waals surface area contributed by atoms with Gasteiger partial charge in [0, 0.05) is 29.5 Å². The Bertz CT molecular complexity index is 373. The first-order valence-corrected chi connectivity index (χ1v) is 8.61. The van der Waals surface area contributed by atoms with E-state index < -0.39 is 0 Å². The molecule has 0 spiro atoms. The minimum absolute atomic E-state index is 0.603. The summed E-state index contributed by atoms with van der Waals surface area (Å²) in [6, 6.07) is 6.53. The van der Waals surface area contributed by atoms with Gasteiger partial charge in [0.05, 0.1) is 0 Å². The maximum atomic E-state index is 3.99. The molecule has 3 unspecified atom stereocenters. The van der Waals surface area contributed by atoms with Crippen LogP contribution < -0.4 is 5.32 Å². The van der Waals surface area contributed by atoms with E-state index >= 15 is 0 Å². The summed E-state index contributed by atoms with van der Waals surface area (Å²) in [7, 11) is 2.25. The lowest BCUT2D eigenvalue weighted by atomic mass is 9.95. The number of nitrogens with one attached hydrogen (secondary N) is 1. The van der Waals surface area contributed by atoms with Crippen LogP contribution in [0.25, 0.3) is 0 Å². The smallest absolute Gasteiger partial charge is 0.0445 e. The van der Waals surface area contributed by atoms with Gasteiger partial charge in [-0.25, -0.2) is 0 Å². The van der Waals surface area contributed by atoms with Gasteiger partial charge in [-0.05, 0) is 50.6 Å². The normalized spacial score (nSPS) is 31.1. The van der Waals surface area contributed by atoms with Crippen molar-refractivity contribution >= 4 is 11.3 Å². The van der Waals surface area contributed by atoms with Crippen LogP contribution in [0.3, 0.4) is 0 Å². The lowest BCUT2D eigenvalue weighted by Gasteiger charge is -2.27. The lowest BCUT2D eigenvalue weighted by Crippen LogP contribution is -2.37. The third-order valence-corrected chi connectivity index (χ3v) is 5.98. The van der Waals surface area contributed by atoms with Gasteiger partial charge < -0.3 is 10.2 Å². The van der Waals surface area contributed by atoms with Crippen molar-refractivity contribution in [3.8, 4) is 0 Å². The van der Waals surface area contributed by atoms with Gasteiger partial charge in [0.25, 0.3) is 0 Å². The van der Waals surface area contributed by atoms with E-state index in [0.717, 1.165) is 12.0 Å². The molecule has 3 heteroatoms. The van der Waals surface area contributed by atoms with Gasteiger partial charge in [-0.15, -0.1) is 11.3 Å². The summed E-state index contributed by atoms with van der Waals surface area (Å²) < 4.78 is 0. The van der Waals surface area contributed by atoms with Crippen LogP contribution in [-0.2, 0) is 0 Å². The molecule has 2 nitrogen and oxygen atoms in total. The van der Waals surface area contributed by atoms with Crippen LogP contribution in [0, 0.1) is 5.92 Å². The van der Waals surface area contributed by atoms with E-state index in [1.54, 1.807) is 4.88 Å². The zero-order valence-corrected chi connectivity index (χ0v) is 13.0. The predicted octanol–water partition coefficient (Wildman–Crippen LogP) is 3.66. The molecular formula is C16H26N2S. The summed E-state index contributed by atoms with van der Waals surface area (Å²) in [6.45, 7) is 3.55. The van der Waals surface area contributed by atoms with E-state index in [1.165, 1.54) is 38.6 Å². The van der Waals surface area contributed by atoms with Crippen molar-refractivity contribution in [2.45, 2.75) is 57.2 Å². The number of likely N-dealkylation sites (tertiary alicyclic amines) is 1. The topological polar surface area (TPSA) is 15.3 Å². The molecule has 3 atom stereocenters. The molecule has 0 radical (unpaired) electrons. The highest BCUT2D eigenvalue weighted by atomic mass is 32.1. The molecule has 2 aliphatic rings. The Kier molecular flexibility index (Phi) is 4.25. The van der Waals surface area contributed by atoms with Crippen LogP contribution in [0.1, 0.15) is 49.9 Å². The highest BCUT2D eigenvalue weighted by Crippen LogP contribution is 2.38. The van der Waals surface area contributed by atoms with Crippen LogP contribution in [0.15, 0.2) is 17.5 Å². The Morgan fingerprint density at radius 1 is 1.37 bits per heavy atom. The molecule has 19 heavy (non-hydrogen) atoms. The van der Waals surface area contributed by atoms with Crippen molar-refractivity contribution in [2.24, 2.45) is 5.92 Å². The number of hydrogen-bond donors (Lipinski definition) is 1. The maximum absolute atomic E-state index is 3.99. The van der Waals surface area contributed by atoms with E-state index in [9.17, 15) is 0 Å². The quantitative estimate of drug-likeness (QED) is 0.904. The summed E-state index contributed by atoms with van der Waals surface area (Å²) in [6.07, 6.45) is 6.97. The standard InChI is InChI=1S/C16H26N2S/c1-12-10-14(11-18(12)2)17-16(13-6-3-4-7-13)15-8-5-9-19-15/h5,8-9,12-14,16-17H,3-4,6-7,10-11H2,1-2H3. The summed E-state index contributed by atoms with van der Waals surface area (Å²) in [5.41, 5.74) is 0. The fraction of sp³-hybridized carbons (Fsp3) is 0.750. The fourth-order valence-corrected chi connectivity index (χ4v) is 4.66. The van der Waals surface area contributed by atoms with Crippen LogP contribution in [0.5, 0.6) is 0 Å². The summed E-state index contributed by atoms with van der Waals surface area (Å²) in [5.74, 6) is 0.861. The van der Waals surface area contributed by atoms with Gasteiger partial charge >= 0.3 is 0 Å². The largest absolute Gasteiger partial charge is 0.305 e. The molecule has 0 bridgehead atoms. The van der Waals surface area contributed by atoms with Crippen molar-refractivity contribution in [1.29, 1.82) is 0 Å². The number of likely N-dealkylation sites (N-methyl/N-ethyl adjacent to an activating group) is 1. The number of thiophene rings is 1. The molecular weight excluding hydrogens is 252 g/mol. The molecule has 0 aromatic carbocycles. The highest BCUT2D eigenvalue weighted by molar-refractivity contribution is 7.10. The van der Waals surface area contributed by atoms with Crippen LogP contribution >= 0.6 is 11.3 Å². The monoisotopic (exact) mass is 278 g/mol. The molecule has 3 rings (SSSR count). The van der Waals surface area contributed by atoms with E-state index in [-0.39, 0.29) is 0 Å². The Hall–Kier alpha value is -0.380. The third kappa shape index (κ3) is 3.04. The first kappa shape index (κ1) is 13.6. The maximum Gasteiger partial charge on any atom is 0.0445 e. The highest BCUT2D eigenvalue weighted by Gasteiger charge is 2.32. The van der Waals surface area contributed by atoms with E-state index in [4.69, 9.17) is 0 Å². The zero-order valence-electron chi connectivity index (χ0n) is 12.1. The SMILES string of the molecule is CC1CC(NC(c2cccs2)C2CCCC2)CN1C. The van der Waals surface area contributed by atoms with Crippen LogP contribution in [0.4, 0.5) is 0 Å². The second-order valence-corrected chi connectivity index (χ2v) is 7.40. The molecule has 2 heterocycles. The summed E-state index contributed by atoms with van der Waals surface area (Å²) >= 11 is 1.93. The lowest BCUT2D eigenvalue weighted by molar-refractivity contribution is 0.310. The van der Waals surface area contributed by atoms with Crippen LogP contribution in [0.2, 0.25) is 0 Å². The van der Waals surface area contributed by atoms with E-state index in [1.807, 2.05) is 11.3 Å². The van der Waals surface area contributed by atoms with Gasteiger partial charge in [-0.1, -0.05) is 18.9 Å². The number of hydrogen-bond acceptors (Lipinski definition) is 3. The molecule has 1 aromatic rings. The van der Waals surface area contributed by atoms with Crippen molar-refractivity contribution in [2.75, 3.05) is 13.6 Å². The van der Waals surface area contributed by atoms with Crippen molar-refractivity contribution in [3.05, 3.63) is 22.4 Å². The first-order valence-electron chi connectivity index (χ1n) is 7.73. The molecule has 1 aromatic heterocycles. The molecule has 1 saturated carbocycles. The molecule has 0 amide bonds. The molecule has 1 saturated heterocycles. The van der Waals surface area contributed by atoms with Crippen molar-refractivity contribution < 1.29 is 0 Å². The van der Waals surface area contributed by atoms with Gasteiger partial charge in [0.1, 0.15) is 0 Å². The van der Waals surface area contributed by atoms with E-state index in [0.29, 0.717) is 12.1 Å². The van der Waals surface area contributed by atoms with E-state index in [2.05, 4.69) is 41.7 Å². The first-order chi connectivity index (χ1) is 9.24. The van der Waals surface area contributed by atoms with Gasteiger partial charge in [-0.3, -0.25) is 0 Å². The molecule has 106 valence electrons. The zero-order chi connectivity index (χ0) is 13.2. The Labute approximate surface area is 121 Å². The Morgan fingerprint density at radius 2 is 2.16 bits per heavy atom. The van der Waals surface area contributed by atoms with Gasteiger partial charge in [-0.2, -0.15) is 0 Å². The average Bonchev–Trinajstić information content (AvgIpc) is 3.10. The second kappa shape index (κ2) is 5.94. The predicted molar refractivity (Wildman–Crippen MR) is 82.7 cm³/mol. The number of rotatable bonds is 4. The van der Waals surface area contributed by atoms with Gasteiger partial charge in [0.15, 0.2) is 0 Å². The van der Waals surface area contributed by atoms with Gasteiger partial charge in [0.2, 0.25) is 0 Å². The minimum atomic E-state index is 0.603. The van der Waals surface area contributed by atoms with Crippen molar-refractivity contribution in [3.63, 3.8) is 0 Å². The molecule has 2 fully saturated rings. The summed E-state index contributed by atoms with van der Waals surface area (Å²) in [5, 5.41) is 6.21. The second-order valence-electron chi connectivity index (χ2n) is 6.43. The number of nitrogens with zero attached hydrogens (tertiary/aromatic N) is 1. The average molecular weight is 278 g/mol. The van der Waals surface area contributed by atoms with Crippen molar-refractivity contribution in [1.82, 2.24) is 10.2 Å². The van der Waals surface area contributed by atoms with Crippen LogP contribution in [-0.4, -0.2) is 30.6 Å². The summed E-state index contributed by atoms with van der Waals surface area (Å²) in [4.78, 5) is 4.03. The molecule has 1 N–H and O–H groups in total.